The van der Waals surface area contributed by atoms with Gasteiger partial charge in [-0.2, -0.15) is 5.26 Å². The van der Waals surface area contributed by atoms with E-state index in [-0.39, 0.29) is 18.1 Å². The Morgan fingerprint density at radius 1 is 0.980 bits per heavy atom. The van der Waals surface area contributed by atoms with Gasteiger partial charge in [-0.05, 0) is 98.0 Å². The molecule has 2 saturated heterocycles. The molecule has 5 aromatic rings. The van der Waals surface area contributed by atoms with Crippen molar-refractivity contribution >= 4 is 16.9 Å². The number of carboxylic acids is 1. The number of hydrogen-bond donors (Lipinski definition) is 2. The SMILES string of the molecule is CCc1nc(-c2cccc(-c3cccc(-c4cc5cc6c(c(C#N)c5o4)CCC6N4CC[C@@H](C(=O)O)C4)c3C)c2C)cnc1CN1CC[C@@H](O)C1. The molecule has 3 aromatic carbocycles. The molecule has 0 bridgehead atoms. The van der Waals surface area contributed by atoms with Gasteiger partial charge in [0.05, 0.1) is 40.9 Å². The van der Waals surface area contributed by atoms with Crippen molar-refractivity contribution in [2.45, 2.75) is 71.6 Å². The van der Waals surface area contributed by atoms with Gasteiger partial charge in [0.1, 0.15) is 11.8 Å². The molecular formula is C42H43N5O4. The van der Waals surface area contributed by atoms with E-state index in [1.807, 2.05) is 6.20 Å². The first-order valence-corrected chi connectivity index (χ1v) is 18.2. The van der Waals surface area contributed by atoms with Crippen LogP contribution in [0.25, 0.3) is 44.7 Å². The summed E-state index contributed by atoms with van der Waals surface area (Å²) in [7, 11) is 0. The fraction of sp³-hybridized carbons (Fsp3) is 0.381. The Morgan fingerprint density at radius 2 is 1.73 bits per heavy atom. The average molecular weight is 682 g/mol. The van der Waals surface area contributed by atoms with Crippen molar-refractivity contribution in [3.8, 4) is 39.8 Å². The highest BCUT2D eigenvalue weighted by Crippen LogP contribution is 2.45. The number of hydrogen-bond acceptors (Lipinski definition) is 8. The zero-order chi connectivity index (χ0) is 35.4. The Balaban J connectivity index is 1.12. The smallest absolute Gasteiger partial charge is 0.307 e. The Kier molecular flexibility index (Phi) is 8.71. The zero-order valence-corrected chi connectivity index (χ0v) is 29.4. The van der Waals surface area contributed by atoms with E-state index < -0.39 is 5.97 Å². The van der Waals surface area contributed by atoms with E-state index in [2.05, 4.69) is 85.2 Å². The van der Waals surface area contributed by atoms with Gasteiger partial charge in [0.15, 0.2) is 5.58 Å². The van der Waals surface area contributed by atoms with Gasteiger partial charge in [0, 0.05) is 48.7 Å². The number of nitriles is 1. The molecule has 8 rings (SSSR count). The minimum absolute atomic E-state index is 0.118. The van der Waals surface area contributed by atoms with Crippen LogP contribution in [-0.4, -0.2) is 68.2 Å². The summed E-state index contributed by atoms with van der Waals surface area (Å²) >= 11 is 0. The molecule has 9 nitrogen and oxygen atoms in total. The van der Waals surface area contributed by atoms with Gasteiger partial charge in [-0.25, -0.2) is 4.98 Å². The van der Waals surface area contributed by atoms with Crippen molar-refractivity contribution in [3.63, 3.8) is 0 Å². The average Bonchev–Trinajstić information content (AvgIpc) is 3.94. The van der Waals surface area contributed by atoms with Gasteiger partial charge in [0.25, 0.3) is 0 Å². The van der Waals surface area contributed by atoms with Gasteiger partial charge < -0.3 is 14.6 Å². The summed E-state index contributed by atoms with van der Waals surface area (Å²) in [6, 6.07) is 19.4. The van der Waals surface area contributed by atoms with E-state index in [0.29, 0.717) is 37.2 Å². The second-order valence-corrected chi connectivity index (χ2v) is 14.5. The first-order valence-electron chi connectivity index (χ1n) is 18.2. The van der Waals surface area contributed by atoms with Gasteiger partial charge >= 0.3 is 5.97 Å². The number of rotatable bonds is 8. The van der Waals surface area contributed by atoms with Crippen molar-refractivity contribution in [3.05, 3.63) is 93.9 Å². The second-order valence-electron chi connectivity index (χ2n) is 14.5. The number of aliphatic hydroxyl groups excluding tert-OH is 1. The summed E-state index contributed by atoms with van der Waals surface area (Å²) in [5.74, 6) is -0.342. The number of furan rings is 1. The minimum Gasteiger partial charge on any atom is -0.481 e. The third-order valence-corrected chi connectivity index (χ3v) is 11.5. The third kappa shape index (κ3) is 5.91. The highest BCUT2D eigenvalue weighted by Gasteiger charge is 2.37. The molecule has 2 fully saturated rings. The standard InChI is InChI=1S/C42H43N5O4/c1-4-36-38(23-46-15-14-28(48)22-46)44-20-37(45-36)31-9-5-7-29(24(31)2)30-8-6-10-32(25(30)3)40-18-27-17-34-33(35(19-43)41(27)51-40)11-12-39(34)47-16-13-26(21-47)42(49)50/h5-10,17-18,20,26,28,39,48H,4,11-16,21-23H2,1-3H3,(H,49,50)/t26-,28-,39?/m1/s1. The van der Waals surface area contributed by atoms with Gasteiger partial charge in [-0.15, -0.1) is 0 Å². The Morgan fingerprint density at radius 3 is 2.41 bits per heavy atom. The van der Waals surface area contributed by atoms with Crippen LogP contribution in [0.4, 0.5) is 0 Å². The van der Waals surface area contributed by atoms with Crippen molar-refractivity contribution in [2.75, 3.05) is 26.2 Å². The lowest BCUT2D eigenvalue weighted by Crippen LogP contribution is -2.26. The summed E-state index contributed by atoms with van der Waals surface area (Å²) in [5, 5.41) is 30.8. The van der Waals surface area contributed by atoms with Gasteiger partial charge in [-0.1, -0.05) is 43.3 Å². The summed E-state index contributed by atoms with van der Waals surface area (Å²) in [5.41, 5.74) is 12.6. The van der Waals surface area contributed by atoms with Crippen molar-refractivity contribution < 1.29 is 19.4 Å². The maximum atomic E-state index is 11.7. The van der Waals surface area contributed by atoms with E-state index in [4.69, 9.17) is 14.4 Å². The summed E-state index contributed by atoms with van der Waals surface area (Å²) < 4.78 is 6.55. The number of likely N-dealkylation sites (tertiary alicyclic amines) is 2. The molecule has 1 aliphatic carbocycles. The molecule has 9 heteroatoms. The molecular weight excluding hydrogens is 638 g/mol. The Hall–Kier alpha value is -4.88. The maximum absolute atomic E-state index is 11.7. The van der Waals surface area contributed by atoms with E-state index in [1.165, 1.54) is 0 Å². The first-order chi connectivity index (χ1) is 24.7. The van der Waals surface area contributed by atoms with Crippen LogP contribution in [0.3, 0.4) is 0 Å². The highest BCUT2D eigenvalue weighted by atomic mass is 16.4. The Labute approximate surface area is 298 Å². The topological polar surface area (TPSA) is 127 Å². The molecule has 0 spiro atoms. The summed E-state index contributed by atoms with van der Waals surface area (Å²) in [4.78, 5) is 26.2. The van der Waals surface area contributed by atoms with Crippen LogP contribution < -0.4 is 0 Å². The molecule has 260 valence electrons. The number of aliphatic hydroxyl groups is 1. The summed E-state index contributed by atoms with van der Waals surface area (Å²) in [6.07, 6.45) is 5.53. The lowest BCUT2D eigenvalue weighted by molar-refractivity contribution is -0.141. The van der Waals surface area contributed by atoms with Gasteiger partial charge in [-0.3, -0.25) is 19.6 Å². The van der Waals surface area contributed by atoms with E-state index in [1.54, 1.807) is 0 Å². The number of aromatic nitrogens is 2. The van der Waals surface area contributed by atoms with Crippen LogP contribution in [-0.2, 0) is 24.2 Å². The Bertz CT molecular complexity index is 2220. The number of carbonyl (C=O) groups is 1. The molecule has 0 saturated carbocycles. The van der Waals surface area contributed by atoms with E-state index in [0.717, 1.165) is 112 Å². The van der Waals surface area contributed by atoms with Crippen LogP contribution in [0.1, 0.15) is 71.4 Å². The molecule has 0 radical (unpaired) electrons. The molecule has 51 heavy (non-hydrogen) atoms. The largest absolute Gasteiger partial charge is 0.481 e. The lowest BCUT2D eigenvalue weighted by Gasteiger charge is -2.24. The van der Waals surface area contributed by atoms with Crippen molar-refractivity contribution in [2.24, 2.45) is 5.92 Å². The number of carboxylic acid groups (broad SMARTS) is 1. The molecule has 3 aliphatic rings. The number of aryl methyl sites for hydroxylation is 1. The number of nitrogens with zero attached hydrogens (tertiary/aromatic N) is 5. The van der Waals surface area contributed by atoms with Crippen LogP contribution in [0.5, 0.6) is 0 Å². The lowest BCUT2D eigenvalue weighted by atomic mass is 9.90. The predicted molar refractivity (Wildman–Crippen MR) is 196 cm³/mol. The summed E-state index contributed by atoms with van der Waals surface area (Å²) in [6.45, 7) is 9.93. The van der Waals surface area contributed by atoms with Gasteiger partial charge in [0.2, 0.25) is 0 Å². The fourth-order valence-corrected chi connectivity index (χ4v) is 8.71. The highest BCUT2D eigenvalue weighted by molar-refractivity contribution is 5.91. The number of benzene rings is 3. The molecule has 2 N–H and O–H groups in total. The minimum atomic E-state index is -0.730. The zero-order valence-electron chi connectivity index (χ0n) is 29.4. The quantitative estimate of drug-likeness (QED) is 0.174. The van der Waals surface area contributed by atoms with Crippen LogP contribution in [0.15, 0.2) is 59.1 Å². The predicted octanol–water partition coefficient (Wildman–Crippen LogP) is 7.24. The van der Waals surface area contributed by atoms with Crippen molar-refractivity contribution in [1.29, 1.82) is 5.26 Å². The number of β-amino-alcohol motifs (C(OH)–C–C–N with tert-alkyl or cyclic N) is 1. The second kappa shape index (κ2) is 13.3. The number of aliphatic carboxylic acids is 1. The molecule has 0 amide bonds. The van der Waals surface area contributed by atoms with Crippen LogP contribution >= 0.6 is 0 Å². The third-order valence-electron chi connectivity index (χ3n) is 11.5. The molecule has 2 aromatic heterocycles. The van der Waals surface area contributed by atoms with Crippen LogP contribution in [0, 0.1) is 31.1 Å². The van der Waals surface area contributed by atoms with E-state index >= 15 is 0 Å². The van der Waals surface area contributed by atoms with Crippen molar-refractivity contribution in [1.82, 2.24) is 19.8 Å². The molecule has 2 aliphatic heterocycles. The molecule has 4 heterocycles. The maximum Gasteiger partial charge on any atom is 0.307 e. The monoisotopic (exact) mass is 681 g/mol. The van der Waals surface area contributed by atoms with Crippen LogP contribution in [0.2, 0.25) is 0 Å². The fourth-order valence-electron chi connectivity index (χ4n) is 8.71. The molecule has 1 unspecified atom stereocenters. The normalized spacial score (nSPS) is 20.6. The van der Waals surface area contributed by atoms with E-state index in [9.17, 15) is 20.3 Å². The molecule has 3 atom stereocenters. The number of fused-ring (bicyclic) bond motifs is 2. The first kappa shape index (κ1) is 33.3.